The Morgan fingerprint density at radius 2 is 2.09 bits per heavy atom. The summed E-state index contributed by atoms with van der Waals surface area (Å²) in [4.78, 5) is 10.9. The number of aliphatic hydroxyl groups is 1. The van der Waals surface area contributed by atoms with Gasteiger partial charge in [-0.05, 0) is 73.7 Å². The van der Waals surface area contributed by atoms with Crippen LogP contribution in [0.4, 0.5) is 0 Å². The van der Waals surface area contributed by atoms with Crippen LogP contribution in [-0.4, -0.2) is 22.8 Å². The molecule has 0 aliphatic heterocycles. The summed E-state index contributed by atoms with van der Waals surface area (Å²) >= 11 is 0. The molecule has 23 heavy (non-hydrogen) atoms. The summed E-state index contributed by atoms with van der Waals surface area (Å²) < 4.78 is 0. The minimum absolute atomic E-state index is 0.110. The van der Waals surface area contributed by atoms with Gasteiger partial charge in [0, 0.05) is 6.08 Å². The number of carboxylic acid groups (broad SMARTS) is 1. The van der Waals surface area contributed by atoms with E-state index in [2.05, 4.69) is 26.8 Å². The summed E-state index contributed by atoms with van der Waals surface area (Å²) in [6, 6.07) is 0. The van der Waals surface area contributed by atoms with Gasteiger partial charge in [0.05, 0.1) is 6.61 Å². The molecule has 2 aliphatic carbocycles. The first-order valence-corrected chi connectivity index (χ1v) is 8.94. The topological polar surface area (TPSA) is 57.5 Å². The zero-order valence-electron chi connectivity index (χ0n) is 15.1. The van der Waals surface area contributed by atoms with Crippen LogP contribution in [0, 0.1) is 22.7 Å². The third-order valence-electron chi connectivity index (χ3n) is 6.97. The van der Waals surface area contributed by atoms with Crippen LogP contribution in [0.3, 0.4) is 0 Å². The third kappa shape index (κ3) is 3.40. The third-order valence-corrected chi connectivity index (χ3v) is 6.97. The fourth-order valence-corrected chi connectivity index (χ4v) is 5.20. The van der Waals surface area contributed by atoms with Gasteiger partial charge >= 0.3 is 5.97 Å². The van der Waals surface area contributed by atoms with Gasteiger partial charge in [-0.3, -0.25) is 0 Å². The fraction of sp³-hybridized carbons (Fsp3) is 0.750. The molecule has 2 aliphatic rings. The maximum Gasteiger partial charge on any atom is 0.328 e. The molecule has 0 amide bonds. The second-order valence-electron chi connectivity index (χ2n) is 8.21. The molecule has 0 saturated heterocycles. The Labute approximate surface area is 140 Å². The Balaban J connectivity index is 2.24. The second kappa shape index (κ2) is 6.80. The average molecular weight is 320 g/mol. The zero-order valence-corrected chi connectivity index (χ0v) is 15.1. The number of fused-ring (bicyclic) bond motifs is 1. The smallest absolute Gasteiger partial charge is 0.328 e. The van der Waals surface area contributed by atoms with Crippen LogP contribution in [-0.2, 0) is 4.79 Å². The van der Waals surface area contributed by atoms with E-state index in [1.54, 1.807) is 0 Å². The molecule has 1 saturated carbocycles. The van der Waals surface area contributed by atoms with Crippen molar-refractivity contribution in [3.63, 3.8) is 0 Å². The number of allylic oxidation sites excluding steroid dienone is 2. The summed E-state index contributed by atoms with van der Waals surface area (Å²) in [5, 5.41) is 18.7. The van der Waals surface area contributed by atoms with Crippen molar-refractivity contribution in [2.45, 2.75) is 66.2 Å². The number of hydrogen-bond donors (Lipinski definition) is 2. The van der Waals surface area contributed by atoms with E-state index in [1.807, 2.05) is 6.92 Å². The molecule has 0 heterocycles. The normalized spacial score (nSPS) is 38.0. The lowest BCUT2D eigenvalue weighted by Crippen LogP contribution is -2.50. The van der Waals surface area contributed by atoms with Gasteiger partial charge in [0.25, 0.3) is 0 Å². The Kier molecular flexibility index (Phi) is 5.40. The predicted octanol–water partition coefficient (Wildman–Crippen LogP) is 4.57. The molecule has 4 atom stereocenters. The highest BCUT2D eigenvalue weighted by atomic mass is 16.4. The molecule has 0 aromatic heterocycles. The number of aliphatic carboxylic acids is 1. The molecule has 0 aromatic rings. The largest absolute Gasteiger partial charge is 0.478 e. The van der Waals surface area contributed by atoms with Gasteiger partial charge in [-0.25, -0.2) is 4.79 Å². The van der Waals surface area contributed by atoms with Crippen LogP contribution in [0.5, 0.6) is 0 Å². The van der Waals surface area contributed by atoms with E-state index >= 15 is 0 Å². The summed E-state index contributed by atoms with van der Waals surface area (Å²) in [7, 11) is 0. The summed E-state index contributed by atoms with van der Waals surface area (Å²) in [6.45, 7) is 9.18. The first kappa shape index (κ1) is 18.3. The van der Waals surface area contributed by atoms with E-state index in [1.165, 1.54) is 24.5 Å². The lowest BCUT2D eigenvalue weighted by Gasteiger charge is -2.58. The van der Waals surface area contributed by atoms with Gasteiger partial charge in [0.15, 0.2) is 0 Å². The highest BCUT2D eigenvalue weighted by molar-refractivity contribution is 5.80. The number of aliphatic hydroxyl groups excluding tert-OH is 1. The minimum Gasteiger partial charge on any atom is -0.478 e. The van der Waals surface area contributed by atoms with E-state index < -0.39 is 5.97 Å². The molecule has 0 unspecified atom stereocenters. The van der Waals surface area contributed by atoms with Crippen LogP contribution in [0.2, 0.25) is 0 Å². The van der Waals surface area contributed by atoms with Crippen LogP contribution < -0.4 is 0 Å². The first-order valence-electron chi connectivity index (χ1n) is 8.94. The van der Waals surface area contributed by atoms with E-state index in [9.17, 15) is 9.90 Å². The van der Waals surface area contributed by atoms with Crippen LogP contribution in [0.15, 0.2) is 23.3 Å². The SMILES string of the molecule is C/C(=C/C(=O)O)CC[C@@]1(C)[C@H](C)CC[C@@]2(C)C(CO)=CCC[C@H]12. The Bertz CT molecular complexity index is 519. The Hall–Kier alpha value is -1.09. The van der Waals surface area contributed by atoms with Crippen molar-refractivity contribution < 1.29 is 15.0 Å². The summed E-state index contributed by atoms with van der Waals surface area (Å²) in [5.41, 5.74) is 2.49. The van der Waals surface area contributed by atoms with Crippen molar-refractivity contribution in [1.82, 2.24) is 0 Å². The zero-order chi connectivity index (χ0) is 17.3. The first-order chi connectivity index (χ1) is 10.7. The van der Waals surface area contributed by atoms with Crippen molar-refractivity contribution in [2.24, 2.45) is 22.7 Å². The molecule has 3 nitrogen and oxygen atoms in total. The van der Waals surface area contributed by atoms with E-state index in [4.69, 9.17) is 5.11 Å². The summed E-state index contributed by atoms with van der Waals surface area (Å²) in [5.74, 6) is 0.358. The molecule has 2 rings (SSSR count). The Morgan fingerprint density at radius 1 is 1.39 bits per heavy atom. The van der Waals surface area contributed by atoms with Gasteiger partial charge in [0.2, 0.25) is 0 Å². The van der Waals surface area contributed by atoms with Crippen molar-refractivity contribution >= 4 is 5.97 Å². The molecule has 2 N–H and O–H groups in total. The molecule has 0 radical (unpaired) electrons. The van der Waals surface area contributed by atoms with Crippen LogP contribution in [0.1, 0.15) is 66.2 Å². The van der Waals surface area contributed by atoms with Crippen molar-refractivity contribution in [1.29, 1.82) is 0 Å². The Morgan fingerprint density at radius 3 is 2.70 bits per heavy atom. The van der Waals surface area contributed by atoms with Gasteiger partial charge in [0.1, 0.15) is 0 Å². The number of carboxylic acids is 1. The molecule has 0 bridgehead atoms. The van der Waals surface area contributed by atoms with Gasteiger partial charge in [-0.1, -0.05) is 32.4 Å². The van der Waals surface area contributed by atoms with Crippen molar-refractivity contribution in [2.75, 3.05) is 6.61 Å². The molecule has 1 fully saturated rings. The lowest BCUT2D eigenvalue weighted by atomic mass is 9.47. The predicted molar refractivity (Wildman–Crippen MR) is 93.1 cm³/mol. The lowest BCUT2D eigenvalue weighted by molar-refractivity contribution is -0.131. The molecular weight excluding hydrogens is 288 g/mol. The highest BCUT2D eigenvalue weighted by Crippen LogP contribution is 2.61. The minimum atomic E-state index is -0.850. The van der Waals surface area contributed by atoms with Gasteiger partial charge in [-0.2, -0.15) is 0 Å². The van der Waals surface area contributed by atoms with Crippen molar-refractivity contribution in [3.8, 4) is 0 Å². The highest BCUT2D eigenvalue weighted by Gasteiger charge is 2.53. The molecule has 130 valence electrons. The van der Waals surface area contributed by atoms with E-state index in [0.717, 1.165) is 31.3 Å². The number of hydrogen-bond acceptors (Lipinski definition) is 2. The van der Waals surface area contributed by atoms with Crippen LogP contribution in [0.25, 0.3) is 0 Å². The second-order valence-corrected chi connectivity index (χ2v) is 8.21. The quantitative estimate of drug-likeness (QED) is 0.576. The monoisotopic (exact) mass is 320 g/mol. The van der Waals surface area contributed by atoms with Crippen LogP contribution >= 0.6 is 0 Å². The van der Waals surface area contributed by atoms with E-state index in [0.29, 0.717) is 11.8 Å². The molecular formula is C20H32O3. The average Bonchev–Trinajstić information content (AvgIpc) is 2.48. The van der Waals surface area contributed by atoms with Gasteiger partial charge < -0.3 is 10.2 Å². The fourth-order valence-electron chi connectivity index (χ4n) is 5.20. The maximum atomic E-state index is 10.9. The number of carbonyl (C=O) groups is 1. The standard InChI is InChI=1S/C20H32O3/c1-14(12-18(22)23)8-10-19(3)15(2)9-11-20(4)16(13-21)6-5-7-17(19)20/h6,12,15,17,21H,5,7-11,13H2,1-4H3,(H,22,23)/b14-12-/t15-,17-,19+,20+/m1/s1. The van der Waals surface area contributed by atoms with E-state index in [-0.39, 0.29) is 17.4 Å². The molecule has 3 heteroatoms. The molecule has 0 spiro atoms. The van der Waals surface area contributed by atoms with Crippen molar-refractivity contribution in [3.05, 3.63) is 23.3 Å². The van der Waals surface area contributed by atoms with Gasteiger partial charge in [-0.15, -0.1) is 0 Å². The molecule has 0 aromatic carbocycles. The summed E-state index contributed by atoms with van der Waals surface area (Å²) in [6.07, 6.45) is 10.1. The number of rotatable bonds is 5. The maximum absolute atomic E-state index is 10.9.